The summed E-state index contributed by atoms with van der Waals surface area (Å²) in [6, 6.07) is 8.55. The molecule has 0 aliphatic carbocycles. The average Bonchev–Trinajstić information content (AvgIpc) is 3.13. The minimum absolute atomic E-state index is 0.00497. The summed E-state index contributed by atoms with van der Waals surface area (Å²) < 4.78 is 113. The normalized spacial score (nSPS) is 11.6. The molecule has 0 spiro atoms. The van der Waals surface area contributed by atoms with Crippen LogP contribution in [0.1, 0.15) is 45.0 Å². The first kappa shape index (κ1) is 34.4. The molecule has 0 radical (unpaired) electrons. The fourth-order valence-electron chi connectivity index (χ4n) is 5.86. The number of rotatable bonds is 8. The highest BCUT2D eigenvalue weighted by atomic mass is 19.2. The maximum atomic E-state index is 14.9. The van der Waals surface area contributed by atoms with Crippen LogP contribution in [-0.4, -0.2) is 49.8 Å². The van der Waals surface area contributed by atoms with Crippen molar-refractivity contribution in [3.05, 3.63) is 154 Å². The van der Waals surface area contributed by atoms with Crippen molar-refractivity contribution < 1.29 is 35.1 Å². The van der Waals surface area contributed by atoms with E-state index in [0.717, 1.165) is 36.4 Å². The predicted octanol–water partition coefficient (Wildman–Crippen LogP) is 6.57. The highest BCUT2D eigenvalue weighted by Gasteiger charge is 2.23. The first-order chi connectivity index (χ1) is 26.0. The lowest BCUT2D eigenvalue weighted by molar-refractivity contribution is 0.502. The number of halogens is 8. The molecule has 1 aromatic carbocycles. The maximum Gasteiger partial charge on any atom is 0.219 e. The Morgan fingerprint density at radius 3 is 0.926 bits per heavy atom. The molecule has 0 atom stereocenters. The van der Waals surface area contributed by atoms with Gasteiger partial charge in [0.2, 0.25) is 47.6 Å². The highest BCUT2D eigenvalue weighted by molar-refractivity contribution is 6.17. The van der Waals surface area contributed by atoms with Crippen molar-refractivity contribution in [1.82, 2.24) is 49.8 Å². The highest BCUT2D eigenvalue weighted by Crippen LogP contribution is 2.32. The Morgan fingerprint density at radius 2 is 0.611 bits per heavy atom. The van der Waals surface area contributed by atoms with E-state index in [1.54, 1.807) is 0 Å². The summed E-state index contributed by atoms with van der Waals surface area (Å²) in [5, 5.41) is 0. The van der Waals surface area contributed by atoms with Gasteiger partial charge in [-0.05, 0) is 48.5 Å². The number of hydrogen-bond donors (Lipinski definition) is 0. The number of benzene rings is 1. The van der Waals surface area contributed by atoms with Gasteiger partial charge in [0.15, 0.2) is 0 Å². The molecule has 7 heterocycles. The molecule has 18 heteroatoms. The summed E-state index contributed by atoms with van der Waals surface area (Å²) in [6.07, 6.45) is 1.64. The van der Waals surface area contributed by atoms with Crippen LogP contribution >= 0.6 is 0 Å². The number of nitrogens with zero attached hydrogens (tertiary/aromatic N) is 10. The minimum atomic E-state index is -1.14. The second kappa shape index (κ2) is 13.7. The third-order valence-corrected chi connectivity index (χ3v) is 8.40. The molecule has 0 amide bonds. The van der Waals surface area contributed by atoms with E-state index in [0.29, 0.717) is 0 Å². The van der Waals surface area contributed by atoms with Crippen molar-refractivity contribution >= 4 is 33.1 Å². The van der Waals surface area contributed by atoms with Gasteiger partial charge in [-0.15, -0.1) is 0 Å². The number of hydrogen-bond acceptors (Lipinski definition) is 10. The van der Waals surface area contributed by atoms with Gasteiger partial charge in [-0.2, -0.15) is 55.1 Å². The van der Waals surface area contributed by atoms with Crippen molar-refractivity contribution in [2.45, 2.75) is 25.7 Å². The molecule has 0 aliphatic rings. The molecular formula is C36H18F8N10. The van der Waals surface area contributed by atoms with E-state index in [1.807, 2.05) is 0 Å². The van der Waals surface area contributed by atoms with E-state index in [4.69, 9.17) is 9.97 Å². The Hall–Kier alpha value is -6.72. The van der Waals surface area contributed by atoms with Crippen molar-refractivity contribution in [2.24, 2.45) is 0 Å². The standard InChI is InChI=1S/C36H18F8N10/c37-23-5-1-15(33(41)51-23)9-19-13-45-27-28-30(48-20(14-46-28)10-16-2-6-24(38)52-34(16)42)32-31(29(27)47-19)49-21(11-17-3-7-25(39)53-35(17)43)22(50-32)12-18-4-8-26(40)54-36(18)44/h1-8,13-14H,9-12H2. The van der Waals surface area contributed by atoms with E-state index in [-0.39, 0.29) is 104 Å². The van der Waals surface area contributed by atoms with E-state index >= 15 is 0 Å². The van der Waals surface area contributed by atoms with Gasteiger partial charge in [0.25, 0.3) is 0 Å². The van der Waals surface area contributed by atoms with Gasteiger partial charge in [0.05, 0.1) is 22.8 Å². The van der Waals surface area contributed by atoms with Crippen molar-refractivity contribution in [2.75, 3.05) is 0 Å². The zero-order chi connectivity index (χ0) is 37.7. The Kier molecular flexibility index (Phi) is 8.71. The van der Waals surface area contributed by atoms with Crippen molar-refractivity contribution in [3.63, 3.8) is 0 Å². The second-order valence-corrected chi connectivity index (χ2v) is 12.0. The lowest BCUT2D eigenvalue weighted by Gasteiger charge is -2.14. The van der Waals surface area contributed by atoms with Crippen LogP contribution in [0.2, 0.25) is 0 Å². The smallest absolute Gasteiger partial charge is 0.219 e. The molecule has 8 rings (SSSR count). The molecule has 0 fully saturated rings. The zero-order valence-electron chi connectivity index (χ0n) is 27.1. The molecule has 7 aromatic heterocycles. The predicted molar refractivity (Wildman–Crippen MR) is 174 cm³/mol. The van der Waals surface area contributed by atoms with Gasteiger partial charge in [0.1, 0.15) is 33.1 Å². The summed E-state index contributed by atoms with van der Waals surface area (Å²) in [5.74, 6) is -8.58. The van der Waals surface area contributed by atoms with Gasteiger partial charge in [-0.25, -0.2) is 19.9 Å². The summed E-state index contributed by atoms with van der Waals surface area (Å²) in [5.41, 5.74) is 0.781. The van der Waals surface area contributed by atoms with Crippen LogP contribution in [0.5, 0.6) is 0 Å². The van der Waals surface area contributed by atoms with Crippen molar-refractivity contribution in [3.8, 4) is 0 Å². The Morgan fingerprint density at radius 1 is 0.315 bits per heavy atom. The van der Waals surface area contributed by atoms with Crippen LogP contribution < -0.4 is 0 Å². The molecule has 10 nitrogen and oxygen atoms in total. The molecule has 54 heavy (non-hydrogen) atoms. The van der Waals surface area contributed by atoms with Gasteiger partial charge in [-0.3, -0.25) is 9.97 Å². The second-order valence-electron chi connectivity index (χ2n) is 12.0. The van der Waals surface area contributed by atoms with E-state index in [2.05, 4.69) is 39.9 Å². The van der Waals surface area contributed by atoms with Gasteiger partial charge in [0, 0.05) is 60.3 Å². The third kappa shape index (κ3) is 6.68. The first-order valence-corrected chi connectivity index (χ1v) is 15.9. The van der Waals surface area contributed by atoms with Crippen LogP contribution in [0.25, 0.3) is 33.1 Å². The van der Waals surface area contributed by atoms with Crippen LogP contribution in [0.3, 0.4) is 0 Å². The van der Waals surface area contributed by atoms with Crippen molar-refractivity contribution in [1.29, 1.82) is 0 Å². The van der Waals surface area contributed by atoms with Crippen LogP contribution in [0.15, 0.2) is 60.9 Å². The number of aromatic nitrogens is 10. The Labute approximate surface area is 297 Å². The lowest BCUT2D eigenvalue weighted by atomic mass is 10.0. The monoisotopic (exact) mass is 742 g/mol. The fraction of sp³-hybridized carbons (Fsp3) is 0.111. The summed E-state index contributed by atoms with van der Waals surface area (Å²) in [7, 11) is 0. The molecule has 0 N–H and O–H groups in total. The Bertz CT molecular complexity index is 2620. The SMILES string of the molecule is Fc1ccc(Cc2cnc3c4ncc(Cc5ccc(F)nc5F)nc4c4nc(Cc5ccc(F)nc5F)c(Cc5ccc(F)nc5F)nc4c3n2)c(F)n1. The molecule has 0 aliphatic heterocycles. The molecule has 0 saturated heterocycles. The quantitative estimate of drug-likeness (QED) is 0.0958. The minimum Gasteiger partial charge on any atom is -0.250 e. The first-order valence-electron chi connectivity index (χ1n) is 15.9. The molecular weight excluding hydrogens is 724 g/mol. The number of fused-ring (bicyclic) bond motifs is 6. The molecule has 0 bridgehead atoms. The largest absolute Gasteiger partial charge is 0.250 e. The van der Waals surface area contributed by atoms with Crippen LogP contribution in [0, 0.1) is 47.6 Å². The van der Waals surface area contributed by atoms with E-state index in [9.17, 15) is 35.1 Å². The summed E-state index contributed by atoms with van der Waals surface area (Å²) in [4.78, 5) is 40.9. The van der Waals surface area contributed by atoms with Crippen LogP contribution in [-0.2, 0) is 25.7 Å². The zero-order valence-corrected chi connectivity index (χ0v) is 27.1. The van der Waals surface area contributed by atoms with Crippen LogP contribution in [0.4, 0.5) is 35.1 Å². The van der Waals surface area contributed by atoms with Gasteiger partial charge >= 0.3 is 0 Å². The molecule has 268 valence electrons. The van der Waals surface area contributed by atoms with E-state index < -0.39 is 47.6 Å². The number of pyridine rings is 4. The fourth-order valence-corrected chi connectivity index (χ4v) is 5.86. The van der Waals surface area contributed by atoms with Gasteiger partial charge < -0.3 is 0 Å². The average molecular weight is 743 g/mol. The third-order valence-electron chi connectivity index (χ3n) is 8.40. The molecule has 8 aromatic rings. The summed E-state index contributed by atoms with van der Waals surface area (Å²) in [6.45, 7) is 0. The lowest BCUT2D eigenvalue weighted by Crippen LogP contribution is -2.10. The van der Waals surface area contributed by atoms with Gasteiger partial charge in [-0.1, -0.05) is 0 Å². The topological polar surface area (TPSA) is 129 Å². The molecule has 0 unspecified atom stereocenters. The Balaban J connectivity index is 1.38. The molecule has 0 saturated carbocycles. The summed E-state index contributed by atoms with van der Waals surface area (Å²) >= 11 is 0. The van der Waals surface area contributed by atoms with E-state index in [1.165, 1.54) is 24.5 Å². The maximum absolute atomic E-state index is 14.9.